The molecule has 0 bridgehead atoms. The molecule has 0 unspecified atom stereocenters. The second kappa shape index (κ2) is 6.68. The van der Waals surface area contributed by atoms with E-state index in [4.69, 9.17) is 0 Å². The molecule has 1 aromatic rings. The van der Waals surface area contributed by atoms with Crippen molar-refractivity contribution in [3.05, 3.63) is 31.1 Å². The van der Waals surface area contributed by atoms with Gasteiger partial charge in [-0.25, -0.2) is 13.8 Å². The lowest BCUT2D eigenvalue weighted by atomic mass is 10.2. The molecule has 0 aliphatic heterocycles. The first-order valence-corrected chi connectivity index (χ1v) is 6.22. The Morgan fingerprint density at radius 1 is 1.63 bits per heavy atom. The first-order chi connectivity index (χ1) is 8.86. The number of nitro groups is 1. The van der Waals surface area contributed by atoms with Crippen molar-refractivity contribution >= 4 is 34.2 Å². The molecule has 0 atom stereocenters. The monoisotopic (exact) mass is 386 g/mol. The van der Waals surface area contributed by atoms with Crippen LogP contribution in [0.3, 0.4) is 0 Å². The summed E-state index contributed by atoms with van der Waals surface area (Å²) in [6.45, 7) is 1.66. The van der Waals surface area contributed by atoms with Crippen LogP contribution >= 0.6 is 22.6 Å². The van der Waals surface area contributed by atoms with Crippen molar-refractivity contribution in [3.63, 3.8) is 0 Å². The average molecular weight is 386 g/mol. The van der Waals surface area contributed by atoms with Crippen molar-refractivity contribution < 1.29 is 23.2 Å². The normalized spacial score (nSPS) is 10.6. The van der Waals surface area contributed by atoms with Gasteiger partial charge >= 0.3 is 5.97 Å². The Labute approximate surface area is 120 Å². The van der Waals surface area contributed by atoms with E-state index in [9.17, 15) is 23.7 Å². The van der Waals surface area contributed by atoms with E-state index in [0.717, 1.165) is 6.07 Å². The van der Waals surface area contributed by atoms with Gasteiger partial charge in [-0.3, -0.25) is 14.9 Å². The summed E-state index contributed by atoms with van der Waals surface area (Å²) in [7, 11) is 0. The van der Waals surface area contributed by atoms with E-state index in [1.807, 2.05) is 0 Å². The zero-order chi connectivity index (χ0) is 14.6. The molecule has 1 heterocycles. The van der Waals surface area contributed by atoms with Crippen LogP contribution in [0, 0.1) is 13.7 Å². The van der Waals surface area contributed by atoms with E-state index in [2.05, 4.69) is 9.72 Å². The highest BCUT2D eigenvalue weighted by molar-refractivity contribution is 14.1. The predicted octanol–water partition coefficient (Wildman–Crippen LogP) is 2.64. The molecule has 0 aromatic carbocycles. The third kappa shape index (κ3) is 4.04. The molecule has 0 saturated heterocycles. The quantitative estimate of drug-likeness (QED) is 0.336. The second-order valence-electron chi connectivity index (χ2n) is 3.36. The number of ether oxygens (including phenoxy) is 1. The van der Waals surface area contributed by atoms with Crippen molar-refractivity contribution in [2.24, 2.45) is 0 Å². The fourth-order valence-electron chi connectivity index (χ4n) is 1.32. The predicted molar refractivity (Wildman–Crippen MR) is 68.9 cm³/mol. The Balaban J connectivity index is 3.21. The van der Waals surface area contributed by atoms with Crippen LogP contribution in [0.15, 0.2) is 6.07 Å². The Kier molecular flexibility index (Phi) is 5.51. The zero-order valence-corrected chi connectivity index (χ0v) is 11.9. The largest absolute Gasteiger partial charge is 0.466 e. The van der Waals surface area contributed by atoms with Gasteiger partial charge in [0.1, 0.15) is 11.4 Å². The van der Waals surface area contributed by atoms with Crippen LogP contribution < -0.4 is 0 Å². The average Bonchev–Trinajstić information content (AvgIpc) is 2.30. The Morgan fingerprint density at radius 3 is 2.74 bits per heavy atom. The fraction of sp³-hybridized carbons (Fsp3) is 0.400. The van der Waals surface area contributed by atoms with E-state index in [-0.39, 0.29) is 15.9 Å². The molecule has 0 amide bonds. The lowest BCUT2D eigenvalue weighted by molar-refractivity contribution is -0.386. The van der Waals surface area contributed by atoms with Crippen molar-refractivity contribution in [1.29, 1.82) is 0 Å². The van der Waals surface area contributed by atoms with Gasteiger partial charge in [-0.15, -0.1) is 0 Å². The van der Waals surface area contributed by atoms with Gasteiger partial charge in [0.2, 0.25) is 0 Å². The van der Waals surface area contributed by atoms with Gasteiger partial charge in [-0.2, -0.15) is 0 Å². The highest BCUT2D eigenvalue weighted by atomic mass is 127. The molecule has 0 aliphatic carbocycles. The fourth-order valence-corrected chi connectivity index (χ4v) is 1.97. The van der Waals surface area contributed by atoms with Gasteiger partial charge in [0.05, 0.1) is 18.0 Å². The lowest BCUT2D eigenvalue weighted by Crippen LogP contribution is -2.12. The van der Waals surface area contributed by atoms with Gasteiger partial charge < -0.3 is 4.74 Å². The molecular formula is C10H9F2IN2O4. The maximum absolute atomic E-state index is 12.7. The van der Waals surface area contributed by atoms with Crippen LogP contribution in [0.1, 0.15) is 24.7 Å². The molecule has 0 radical (unpaired) electrons. The molecule has 0 fully saturated rings. The minimum atomic E-state index is -2.87. The summed E-state index contributed by atoms with van der Waals surface area (Å²) in [5.74, 6) is -0.750. The number of esters is 1. The molecule has 0 N–H and O–H groups in total. The lowest BCUT2D eigenvalue weighted by Gasteiger charge is -2.07. The number of hydrogen-bond acceptors (Lipinski definition) is 5. The van der Waals surface area contributed by atoms with Crippen LogP contribution in [-0.4, -0.2) is 22.5 Å². The molecule has 0 aliphatic rings. The number of carbonyl (C=O) groups excluding carboxylic acids is 1. The number of nitrogens with zero attached hydrogens (tertiary/aromatic N) is 2. The summed E-state index contributed by atoms with van der Waals surface area (Å²) in [6.07, 6.45) is -3.38. The second-order valence-corrected chi connectivity index (χ2v) is 4.52. The Morgan fingerprint density at radius 2 is 2.26 bits per heavy atom. The van der Waals surface area contributed by atoms with Crippen LogP contribution in [0.25, 0.3) is 0 Å². The number of alkyl halides is 2. The molecule has 1 aromatic heterocycles. The summed E-state index contributed by atoms with van der Waals surface area (Å²) < 4.78 is 29.9. The number of hydrogen-bond donors (Lipinski definition) is 0. The number of rotatable bonds is 5. The number of pyridine rings is 1. The smallest absolute Gasteiger partial charge is 0.312 e. The molecule has 19 heavy (non-hydrogen) atoms. The number of halogens is 3. The highest BCUT2D eigenvalue weighted by Gasteiger charge is 2.24. The topological polar surface area (TPSA) is 82.3 Å². The molecule has 0 saturated carbocycles. The maximum Gasteiger partial charge on any atom is 0.312 e. The summed E-state index contributed by atoms with van der Waals surface area (Å²) in [5.41, 5.74) is -1.37. The summed E-state index contributed by atoms with van der Waals surface area (Å²) >= 11 is 1.54. The van der Waals surface area contributed by atoms with Crippen molar-refractivity contribution in [1.82, 2.24) is 4.98 Å². The van der Waals surface area contributed by atoms with Gasteiger partial charge in [-0.05, 0) is 29.5 Å². The van der Waals surface area contributed by atoms with Gasteiger partial charge in [0.15, 0.2) is 0 Å². The van der Waals surface area contributed by atoms with E-state index >= 15 is 0 Å². The van der Waals surface area contributed by atoms with Crippen molar-refractivity contribution in [2.75, 3.05) is 6.61 Å². The standard InChI is InChI=1S/C10H9F2IN2O4/c1-2-19-8(16)4-6-7(15(17)18)3-5(13)9(14-6)10(11)12/h3,10H,2,4H2,1H3. The minimum Gasteiger partial charge on any atom is -0.466 e. The van der Waals surface area contributed by atoms with Gasteiger partial charge in [0.25, 0.3) is 12.1 Å². The minimum absolute atomic E-state index is 0.0214. The zero-order valence-electron chi connectivity index (χ0n) is 9.73. The van der Waals surface area contributed by atoms with E-state index in [1.165, 1.54) is 22.6 Å². The van der Waals surface area contributed by atoms with Crippen molar-refractivity contribution in [3.8, 4) is 0 Å². The third-order valence-electron chi connectivity index (χ3n) is 2.08. The Bertz CT molecular complexity index is 511. The number of carbonyl (C=O) groups is 1. The van der Waals surface area contributed by atoms with Crippen LogP contribution in [-0.2, 0) is 16.0 Å². The maximum atomic E-state index is 12.7. The highest BCUT2D eigenvalue weighted by Crippen LogP contribution is 2.28. The van der Waals surface area contributed by atoms with Gasteiger partial charge in [-0.1, -0.05) is 0 Å². The van der Waals surface area contributed by atoms with E-state index < -0.39 is 35.1 Å². The van der Waals surface area contributed by atoms with Crippen molar-refractivity contribution in [2.45, 2.75) is 19.8 Å². The van der Waals surface area contributed by atoms with Gasteiger partial charge in [0, 0.05) is 9.64 Å². The van der Waals surface area contributed by atoms with E-state index in [0.29, 0.717) is 0 Å². The first kappa shape index (κ1) is 15.7. The SMILES string of the molecule is CCOC(=O)Cc1nc(C(F)F)c(I)cc1[N+](=O)[O-]. The summed E-state index contributed by atoms with van der Waals surface area (Å²) in [6, 6.07) is 0.976. The third-order valence-corrected chi connectivity index (χ3v) is 2.94. The Hall–Kier alpha value is -1.39. The molecule has 9 heteroatoms. The van der Waals surface area contributed by atoms with Crippen LogP contribution in [0.5, 0.6) is 0 Å². The molecule has 104 valence electrons. The molecule has 6 nitrogen and oxygen atoms in total. The molecule has 1 rings (SSSR count). The summed E-state index contributed by atoms with van der Waals surface area (Å²) in [5, 5.41) is 10.8. The van der Waals surface area contributed by atoms with Crippen LogP contribution in [0.2, 0.25) is 0 Å². The summed E-state index contributed by atoms with van der Waals surface area (Å²) in [4.78, 5) is 24.8. The molecule has 0 spiro atoms. The van der Waals surface area contributed by atoms with E-state index in [1.54, 1.807) is 6.92 Å². The molecular weight excluding hydrogens is 377 g/mol. The number of aromatic nitrogens is 1. The first-order valence-electron chi connectivity index (χ1n) is 5.14. The van der Waals surface area contributed by atoms with Crippen LogP contribution in [0.4, 0.5) is 14.5 Å².